The molecule has 0 fully saturated rings. The molecule has 1 aromatic heterocycles. The fourth-order valence-corrected chi connectivity index (χ4v) is 3.76. The number of hydrogen-bond donors (Lipinski definition) is 2. The van der Waals surface area contributed by atoms with Crippen LogP contribution in [0.2, 0.25) is 0 Å². The zero-order valence-corrected chi connectivity index (χ0v) is 18.3. The molecule has 0 radical (unpaired) electrons. The van der Waals surface area contributed by atoms with E-state index in [9.17, 15) is 0 Å². The van der Waals surface area contributed by atoms with Crippen molar-refractivity contribution in [2.45, 2.75) is 59.2 Å². The first kappa shape index (κ1) is 21.3. The van der Waals surface area contributed by atoms with Crippen LogP contribution >= 0.6 is 0 Å². The van der Waals surface area contributed by atoms with E-state index in [1.54, 1.807) is 6.33 Å². The first-order valence-electron chi connectivity index (χ1n) is 10.7. The van der Waals surface area contributed by atoms with Gasteiger partial charge in [-0.1, -0.05) is 31.2 Å². The number of aliphatic imine (C=N–C) groups is 1. The molecule has 7 nitrogen and oxygen atoms in total. The third-order valence-corrected chi connectivity index (χ3v) is 5.61. The standard InChI is InChI=1S/C22H35N7/c1-5-20-27-26-17-28(20)14-12-24-21(23-6-2)25-16-22(3,4)29-13-11-18-9-7-8-10-19(18)15-29/h7-10,17H,5-6,11-16H2,1-4H3,(H2,23,24,25). The minimum absolute atomic E-state index is 0.000465. The number of aromatic nitrogens is 3. The van der Waals surface area contributed by atoms with Crippen molar-refractivity contribution >= 4 is 5.96 Å². The molecule has 0 amide bonds. The number of guanidine groups is 1. The zero-order valence-electron chi connectivity index (χ0n) is 18.3. The van der Waals surface area contributed by atoms with E-state index in [-0.39, 0.29) is 5.54 Å². The summed E-state index contributed by atoms with van der Waals surface area (Å²) in [5.74, 6) is 1.88. The van der Waals surface area contributed by atoms with Gasteiger partial charge in [0.25, 0.3) is 0 Å². The van der Waals surface area contributed by atoms with Crippen LogP contribution in [0.5, 0.6) is 0 Å². The fourth-order valence-electron chi connectivity index (χ4n) is 3.76. The van der Waals surface area contributed by atoms with Gasteiger partial charge in [0, 0.05) is 44.7 Å². The Labute approximate surface area is 174 Å². The number of rotatable bonds is 8. The number of aryl methyl sites for hydroxylation is 1. The smallest absolute Gasteiger partial charge is 0.191 e. The number of nitrogens with zero attached hydrogens (tertiary/aromatic N) is 5. The van der Waals surface area contributed by atoms with Crippen molar-refractivity contribution in [1.29, 1.82) is 0 Å². The van der Waals surface area contributed by atoms with Gasteiger partial charge in [-0.05, 0) is 38.3 Å². The quantitative estimate of drug-likeness (QED) is 0.528. The summed E-state index contributed by atoms with van der Waals surface area (Å²) in [6, 6.07) is 8.79. The number of benzene rings is 1. The maximum absolute atomic E-state index is 4.89. The van der Waals surface area contributed by atoms with Crippen molar-refractivity contribution in [3.63, 3.8) is 0 Å². The summed E-state index contributed by atoms with van der Waals surface area (Å²) in [6.45, 7) is 14.1. The maximum atomic E-state index is 4.89. The molecule has 2 N–H and O–H groups in total. The highest BCUT2D eigenvalue weighted by Crippen LogP contribution is 2.25. The Morgan fingerprint density at radius 1 is 1.17 bits per heavy atom. The number of hydrogen-bond acceptors (Lipinski definition) is 4. The van der Waals surface area contributed by atoms with Crippen LogP contribution < -0.4 is 10.6 Å². The van der Waals surface area contributed by atoms with Crippen molar-refractivity contribution in [2.75, 3.05) is 26.2 Å². The molecule has 1 aliphatic heterocycles. The Morgan fingerprint density at radius 2 is 1.97 bits per heavy atom. The van der Waals surface area contributed by atoms with E-state index in [1.165, 1.54) is 11.1 Å². The van der Waals surface area contributed by atoms with Crippen LogP contribution in [-0.4, -0.2) is 57.3 Å². The summed E-state index contributed by atoms with van der Waals surface area (Å²) in [6.07, 6.45) is 3.80. The second kappa shape index (κ2) is 9.87. The van der Waals surface area contributed by atoms with Crippen molar-refractivity contribution in [1.82, 2.24) is 30.3 Å². The van der Waals surface area contributed by atoms with E-state index in [4.69, 9.17) is 4.99 Å². The number of nitrogens with one attached hydrogen (secondary N) is 2. The molecule has 3 rings (SSSR count). The summed E-state index contributed by atoms with van der Waals surface area (Å²) in [5.41, 5.74) is 2.93. The summed E-state index contributed by atoms with van der Waals surface area (Å²) >= 11 is 0. The van der Waals surface area contributed by atoms with Crippen molar-refractivity contribution in [3.05, 3.63) is 47.5 Å². The molecule has 1 aliphatic rings. The second-order valence-electron chi connectivity index (χ2n) is 8.17. The van der Waals surface area contributed by atoms with Gasteiger partial charge in [0.2, 0.25) is 0 Å². The van der Waals surface area contributed by atoms with Gasteiger partial charge >= 0.3 is 0 Å². The van der Waals surface area contributed by atoms with Gasteiger partial charge in [0.15, 0.2) is 5.96 Å². The third-order valence-electron chi connectivity index (χ3n) is 5.61. The SMILES string of the molecule is CCNC(=NCC(C)(C)N1CCc2ccccc2C1)NCCn1cnnc1CC. The molecular formula is C22H35N7. The van der Waals surface area contributed by atoms with Gasteiger partial charge in [-0.25, -0.2) is 0 Å². The Balaban J connectivity index is 1.57. The molecule has 0 aliphatic carbocycles. The molecule has 2 aromatic rings. The van der Waals surface area contributed by atoms with E-state index in [0.717, 1.165) is 63.9 Å². The van der Waals surface area contributed by atoms with Gasteiger partial charge in [0.1, 0.15) is 12.2 Å². The van der Waals surface area contributed by atoms with Crippen LogP contribution in [0.15, 0.2) is 35.6 Å². The minimum Gasteiger partial charge on any atom is -0.357 e. The van der Waals surface area contributed by atoms with Crippen LogP contribution in [0.1, 0.15) is 44.6 Å². The molecular weight excluding hydrogens is 362 g/mol. The largest absolute Gasteiger partial charge is 0.357 e. The van der Waals surface area contributed by atoms with Crippen LogP contribution in [-0.2, 0) is 25.9 Å². The predicted octanol–water partition coefficient (Wildman–Crippen LogP) is 2.23. The van der Waals surface area contributed by atoms with Crippen LogP contribution in [0, 0.1) is 0 Å². The van der Waals surface area contributed by atoms with Crippen molar-refractivity contribution in [3.8, 4) is 0 Å². The van der Waals surface area contributed by atoms with Crippen molar-refractivity contribution in [2.24, 2.45) is 4.99 Å². The van der Waals surface area contributed by atoms with E-state index in [1.807, 2.05) is 0 Å². The normalized spacial score (nSPS) is 15.2. The molecule has 0 saturated heterocycles. The monoisotopic (exact) mass is 397 g/mol. The van der Waals surface area contributed by atoms with Crippen LogP contribution in [0.4, 0.5) is 0 Å². The molecule has 1 aromatic carbocycles. The first-order valence-corrected chi connectivity index (χ1v) is 10.7. The molecule has 2 heterocycles. The second-order valence-corrected chi connectivity index (χ2v) is 8.17. The highest BCUT2D eigenvalue weighted by atomic mass is 15.3. The van der Waals surface area contributed by atoms with E-state index >= 15 is 0 Å². The van der Waals surface area contributed by atoms with Gasteiger partial charge in [-0.15, -0.1) is 10.2 Å². The third kappa shape index (κ3) is 5.56. The Morgan fingerprint density at radius 3 is 2.72 bits per heavy atom. The lowest BCUT2D eigenvalue weighted by Crippen LogP contribution is -2.49. The Kier molecular flexibility index (Phi) is 7.25. The molecule has 0 atom stereocenters. The molecule has 0 spiro atoms. The molecule has 0 unspecified atom stereocenters. The lowest BCUT2D eigenvalue weighted by molar-refractivity contribution is 0.111. The fraction of sp³-hybridized carbons (Fsp3) is 0.591. The molecule has 158 valence electrons. The average Bonchev–Trinajstić information content (AvgIpc) is 3.19. The Hall–Kier alpha value is -2.41. The maximum Gasteiger partial charge on any atom is 0.191 e. The summed E-state index contributed by atoms with van der Waals surface area (Å²) in [4.78, 5) is 7.44. The topological polar surface area (TPSA) is 70.4 Å². The average molecular weight is 398 g/mol. The van der Waals surface area contributed by atoms with E-state index in [0.29, 0.717) is 0 Å². The number of fused-ring (bicyclic) bond motifs is 1. The Bertz CT molecular complexity index is 809. The summed E-state index contributed by atoms with van der Waals surface area (Å²) < 4.78 is 2.09. The van der Waals surface area contributed by atoms with Crippen LogP contribution in [0.3, 0.4) is 0 Å². The molecule has 29 heavy (non-hydrogen) atoms. The lowest BCUT2D eigenvalue weighted by atomic mass is 9.94. The van der Waals surface area contributed by atoms with Crippen molar-refractivity contribution < 1.29 is 0 Å². The predicted molar refractivity (Wildman–Crippen MR) is 118 cm³/mol. The van der Waals surface area contributed by atoms with Gasteiger partial charge in [0.05, 0.1) is 6.54 Å². The van der Waals surface area contributed by atoms with Gasteiger partial charge in [-0.3, -0.25) is 9.89 Å². The van der Waals surface area contributed by atoms with Gasteiger partial charge in [-0.2, -0.15) is 0 Å². The molecule has 0 saturated carbocycles. The highest BCUT2D eigenvalue weighted by Gasteiger charge is 2.29. The molecule has 7 heteroatoms. The van der Waals surface area contributed by atoms with E-state index < -0.39 is 0 Å². The lowest BCUT2D eigenvalue weighted by Gasteiger charge is -2.40. The highest BCUT2D eigenvalue weighted by molar-refractivity contribution is 5.79. The zero-order chi connectivity index (χ0) is 20.7. The van der Waals surface area contributed by atoms with Crippen LogP contribution in [0.25, 0.3) is 0 Å². The summed E-state index contributed by atoms with van der Waals surface area (Å²) in [5, 5.41) is 14.9. The minimum atomic E-state index is -0.000465. The molecule has 0 bridgehead atoms. The first-order chi connectivity index (χ1) is 14.0. The summed E-state index contributed by atoms with van der Waals surface area (Å²) in [7, 11) is 0. The van der Waals surface area contributed by atoms with E-state index in [2.05, 4.69) is 82.3 Å². The van der Waals surface area contributed by atoms with Gasteiger partial charge < -0.3 is 15.2 Å².